The molecule has 1 N–H and O–H groups in total. The molecule has 2 fully saturated rings. The van der Waals surface area contributed by atoms with Gasteiger partial charge in [0, 0.05) is 51.4 Å². The molecule has 2 aliphatic rings. The zero-order valence-electron chi connectivity index (χ0n) is 19.2. The predicted molar refractivity (Wildman–Crippen MR) is 126 cm³/mol. The molecule has 0 aliphatic carbocycles. The fraction of sp³-hybridized carbons (Fsp3) is 0.542. The van der Waals surface area contributed by atoms with Crippen molar-refractivity contribution in [2.45, 2.75) is 26.3 Å². The Bertz CT molecular complexity index is 882. The second-order valence-corrected chi connectivity index (χ2v) is 8.49. The molecular weight excluding hydrogens is 404 g/mol. The van der Waals surface area contributed by atoms with Gasteiger partial charge in [0.2, 0.25) is 5.91 Å². The van der Waals surface area contributed by atoms with E-state index in [1.165, 1.54) is 0 Å². The molecule has 0 spiro atoms. The first-order valence-corrected chi connectivity index (χ1v) is 11.6. The van der Waals surface area contributed by atoms with E-state index in [9.17, 15) is 4.79 Å². The Balaban J connectivity index is 1.32. The van der Waals surface area contributed by atoms with Crippen LogP contribution in [0.3, 0.4) is 0 Å². The summed E-state index contributed by atoms with van der Waals surface area (Å²) < 4.78 is 5.38. The molecule has 1 aromatic heterocycles. The molecule has 1 atom stereocenters. The lowest BCUT2D eigenvalue weighted by molar-refractivity contribution is -0.125. The second-order valence-electron chi connectivity index (χ2n) is 8.49. The zero-order valence-corrected chi connectivity index (χ0v) is 19.2. The van der Waals surface area contributed by atoms with Crippen LogP contribution in [0.5, 0.6) is 5.75 Å². The van der Waals surface area contributed by atoms with Crippen molar-refractivity contribution < 1.29 is 9.53 Å². The maximum absolute atomic E-state index is 12.8. The fourth-order valence-corrected chi connectivity index (χ4v) is 4.52. The lowest BCUT2D eigenvalue weighted by Crippen LogP contribution is -2.46. The van der Waals surface area contributed by atoms with Gasteiger partial charge in [-0.3, -0.25) is 4.79 Å². The average molecular weight is 439 g/mol. The van der Waals surface area contributed by atoms with Gasteiger partial charge in [-0.15, -0.1) is 10.2 Å². The number of hydrogen-bond donors (Lipinski definition) is 1. The summed E-state index contributed by atoms with van der Waals surface area (Å²) in [6.45, 7) is 9.45. The van der Waals surface area contributed by atoms with Crippen LogP contribution in [0.25, 0.3) is 0 Å². The molecule has 0 bridgehead atoms. The number of nitrogens with zero attached hydrogens (tertiary/aromatic N) is 5. The van der Waals surface area contributed by atoms with Gasteiger partial charge in [0.05, 0.1) is 13.0 Å². The van der Waals surface area contributed by atoms with Gasteiger partial charge < -0.3 is 24.8 Å². The van der Waals surface area contributed by atoms with E-state index >= 15 is 0 Å². The summed E-state index contributed by atoms with van der Waals surface area (Å²) in [5.74, 6) is 2.61. The number of methoxy groups -OCH3 is 1. The first-order chi connectivity index (χ1) is 15.7. The number of likely N-dealkylation sites (N-methyl/N-ethyl adjacent to an activating group) is 1. The molecule has 0 radical (unpaired) electrons. The summed E-state index contributed by atoms with van der Waals surface area (Å²) in [5.41, 5.74) is 0.984. The molecule has 8 nitrogen and oxygen atoms in total. The highest BCUT2D eigenvalue weighted by atomic mass is 16.5. The molecule has 4 rings (SSSR count). The molecule has 2 aliphatic heterocycles. The molecule has 172 valence electrons. The molecule has 8 heteroatoms. The number of hydrogen-bond acceptors (Lipinski definition) is 7. The summed E-state index contributed by atoms with van der Waals surface area (Å²) >= 11 is 0. The van der Waals surface area contributed by atoms with Gasteiger partial charge in [0.1, 0.15) is 5.75 Å². The van der Waals surface area contributed by atoms with Crippen molar-refractivity contribution in [3.05, 3.63) is 42.0 Å². The number of nitrogens with one attached hydrogen (secondary N) is 1. The van der Waals surface area contributed by atoms with Crippen LogP contribution in [0.1, 0.15) is 25.3 Å². The van der Waals surface area contributed by atoms with Gasteiger partial charge >= 0.3 is 0 Å². The van der Waals surface area contributed by atoms with Crippen LogP contribution < -0.4 is 19.9 Å². The predicted octanol–water partition coefficient (Wildman–Crippen LogP) is 2.16. The zero-order chi connectivity index (χ0) is 22.3. The van der Waals surface area contributed by atoms with Crippen molar-refractivity contribution in [3.8, 4) is 5.75 Å². The van der Waals surface area contributed by atoms with E-state index in [0.29, 0.717) is 13.1 Å². The molecule has 1 amide bonds. The van der Waals surface area contributed by atoms with Gasteiger partial charge in [-0.25, -0.2) is 0 Å². The maximum Gasteiger partial charge on any atom is 0.225 e. The van der Waals surface area contributed by atoms with Gasteiger partial charge in [-0.1, -0.05) is 25.1 Å². The molecule has 1 unspecified atom stereocenters. The summed E-state index contributed by atoms with van der Waals surface area (Å²) in [5, 5.41) is 12.1. The number of piperidine rings is 1. The number of carbonyl (C=O) groups is 1. The summed E-state index contributed by atoms with van der Waals surface area (Å²) in [7, 11) is 1.65. The molecule has 1 aromatic carbocycles. The van der Waals surface area contributed by atoms with Crippen LogP contribution >= 0.6 is 0 Å². The minimum atomic E-state index is -0.0537. The van der Waals surface area contributed by atoms with Crippen molar-refractivity contribution in [2.24, 2.45) is 5.92 Å². The Morgan fingerprint density at radius 1 is 1.03 bits per heavy atom. The highest BCUT2D eigenvalue weighted by molar-refractivity contribution is 5.79. The van der Waals surface area contributed by atoms with Crippen molar-refractivity contribution >= 4 is 17.5 Å². The first kappa shape index (κ1) is 22.3. The van der Waals surface area contributed by atoms with Crippen LogP contribution in [0.4, 0.5) is 11.6 Å². The highest BCUT2D eigenvalue weighted by Gasteiger charge is 2.27. The third kappa shape index (κ3) is 5.30. The highest BCUT2D eigenvalue weighted by Crippen LogP contribution is 2.24. The second kappa shape index (κ2) is 10.6. The minimum absolute atomic E-state index is 0.0537. The molecule has 3 heterocycles. The Morgan fingerprint density at radius 2 is 1.75 bits per heavy atom. The average Bonchev–Trinajstić information content (AvgIpc) is 2.87. The van der Waals surface area contributed by atoms with Crippen molar-refractivity contribution in [1.82, 2.24) is 20.4 Å². The smallest absolute Gasteiger partial charge is 0.225 e. The number of carbonyl (C=O) groups excluding carboxylic acids is 1. The lowest BCUT2D eigenvalue weighted by atomic mass is 9.97. The summed E-state index contributed by atoms with van der Waals surface area (Å²) in [6, 6.07) is 11.9. The van der Waals surface area contributed by atoms with Gasteiger partial charge in [-0.2, -0.15) is 0 Å². The largest absolute Gasteiger partial charge is 0.496 e. The number of aromatic nitrogens is 2. The van der Waals surface area contributed by atoms with E-state index in [0.717, 1.165) is 75.1 Å². The first-order valence-electron chi connectivity index (χ1n) is 11.6. The van der Waals surface area contributed by atoms with E-state index in [4.69, 9.17) is 4.74 Å². The summed E-state index contributed by atoms with van der Waals surface area (Å²) in [4.78, 5) is 19.8. The standard InChI is InChI=1S/C24H34N6O2/c1-3-28-13-15-29(16-14-28)22-10-11-23(27-26-22)30-12-6-8-20(18-30)24(31)25-17-19-7-4-5-9-21(19)32-2/h4-5,7,9-11,20H,3,6,8,12-18H2,1-2H3,(H,25,31). The van der Waals surface area contributed by atoms with Crippen LogP contribution in [0.2, 0.25) is 0 Å². The maximum atomic E-state index is 12.8. The SMILES string of the molecule is CCN1CCN(c2ccc(N3CCCC(C(=O)NCc4ccccc4OC)C3)nn2)CC1. The molecule has 0 saturated carbocycles. The van der Waals surface area contributed by atoms with E-state index in [1.807, 2.05) is 30.3 Å². The van der Waals surface area contributed by atoms with E-state index in [-0.39, 0.29) is 11.8 Å². The van der Waals surface area contributed by atoms with Crippen LogP contribution in [-0.4, -0.2) is 73.9 Å². The number of rotatable bonds is 7. The number of amides is 1. The Kier molecular flexibility index (Phi) is 7.42. The van der Waals surface area contributed by atoms with Crippen LogP contribution in [-0.2, 0) is 11.3 Å². The van der Waals surface area contributed by atoms with E-state index < -0.39 is 0 Å². The number of anilines is 2. The van der Waals surface area contributed by atoms with Crippen LogP contribution in [0.15, 0.2) is 36.4 Å². The van der Waals surface area contributed by atoms with Crippen LogP contribution in [0, 0.1) is 5.92 Å². The lowest BCUT2D eigenvalue weighted by Gasteiger charge is -2.35. The van der Waals surface area contributed by atoms with Crippen molar-refractivity contribution in [2.75, 3.05) is 62.7 Å². The Hall–Kier alpha value is -2.87. The van der Waals surface area contributed by atoms with Gasteiger partial charge in [-0.05, 0) is 37.6 Å². The molecule has 32 heavy (non-hydrogen) atoms. The number of para-hydroxylation sites is 1. The van der Waals surface area contributed by atoms with Gasteiger partial charge in [0.15, 0.2) is 11.6 Å². The van der Waals surface area contributed by atoms with Gasteiger partial charge in [0.25, 0.3) is 0 Å². The Morgan fingerprint density at radius 3 is 2.44 bits per heavy atom. The number of benzene rings is 1. The third-order valence-electron chi connectivity index (χ3n) is 6.54. The monoisotopic (exact) mass is 438 g/mol. The quantitative estimate of drug-likeness (QED) is 0.710. The number of piperazine rings is 1. The van der Waals surface area contributed by atoms with Crippen molar-refractivity contribution in [3.63, 3.8) is 0 Å². The topological polar surface area (TPSA) is 73.8 Å². The molecule has 2 aromatic rings. The van der Waals surface area contributed by atoms with E-state index in [1.54, 1.807) is 7.11 Å². The fourth-order valence-electron chi connectivity index (χ4n) is 4.52. The normalized spacial score (nSPS) is 19.6. The van der Waals surface area contributed by atoms with E-state index in [2.05, 4.69) is 43.2 Å². The molecule has 2 saturated heterocycles. The minimum Gasteiger partial charge on any atom is -0.496 e. The van der Waals surface area contributed by atoms with Crippen molar-refractivity contribution in [1.29, 1.82) is 0 Å². The third-order valence-corrected chi connectivity index (χ3v) is 6.54. The number of ether oxygens (including phenoxy) is 1. The molecular formula is C24H34N6O2. The summed E-state index contributed by atoms with van der Waals surface area (Å²) in [6.07, 6.45) is 1.86. The Labute approximate surface area is 190 Å².